The van der Waals surface area contributed by atoms with E-state index in [-0.39, 0.29) is 5.54 Å². The third kappa shape index (κ3) is 5.07. The molecule has 0 aromatic carbocycles. The lowest BCUT2D eigenvalue weighted by Gasteiger charge is -2.22. The Morgan fingerprint density at radius 1 is 1.41 bits per heavy atom. The number of nitrogens with one attached hydrogen (secondary N) is 1. The first-order valence-corrected chi connectivity index (χ1v) is 6.82. The number of amides is 1. The summed E-state index contributed by atoms with van der Waals surface area (Å²) in [6.07, 6.45) is 1.80. The molecule has 0 aromatic rings. The summed E-state index contributed by atoms with van der Waals surface area (Å²) in [6, 6.07) is 0. The van der Waals surface area contributed by atoms with E-state index in [1.807, 2.05) is 4.90 Å². The van der Waals surface area contributed by atoms with Crippen LogP contribution in [0.2, 0.25) is 0 Å². The Labute approximate surface area is 106 Å². The summed E-state index contributed by atoms with van der Waals surface area (Å²) < 4.78 is 0. The van der Waals surface area contributed by atoms with Crippen LogP contribution in [0.1, 0.15) is 47.5 Å². The molecule has 1 aliphatic rings. The highest BCUT2D eigenvalue weighted by Gasteiger charge is 2.30. The summed E-state index contributed by atoms with van der Waals surface area (Å²) in [5, 5.41) is 3.46. The standard InChI is InChI=1S/C14H28N2O/c1-11(2)12-9-13(17)16(10-12)8-6-7-15-14(3,4)5/h11-12,15H,6-10H2,1-5H3. The van der Waals surface area contributed by atoms with E-state index in [1.54, 1.807) is 0 Å². The van der Waals surface area contributed by atoms with Crippen LogP contribution in [0.4, 0.5) is 0 Å². The minimum Gasteiger partial charge on any atom is -0.342 e. The molecule has 0 aliphatic carbocycles. The lowest BCUT2D eigenvalue weighted by atomic mass is 9.95. The van der Waals surface area contributed by atoms with Crippen molar-refractivity contribution in [2.75, 3.05) is 19.6 Å². The van der Waals surface area contributed by atoms with Gasteiger partial charge in [-0.25, -0.2) is 0 Å². The van der Waals surface area contributed by atoms with Crippen molar-refractivity contribution in [3.63, 3.8) is 0 Å². The highest BCUT2D eigenvalue weighted by molar-refractivity contribution is 5.78. The third-order valence-corrected chi connectivity index (χ3v) is 3.45. The second kappa shape index (κ2) is 5.85. The second-order valence-electron chi connectivity index (χ2n) is 6.58. The minimum atomic E-state index is 0.176. The fraction of sp³-hybridized carbons (Fsp3) is 0.929. The number of rotatable bonds is 5. The minimum absolute atomic E-state index is 0.176. The van der Waals surface area contributed by atoms with Crippen molar-refractivity contribution in [2.45, 2.75) is 53.0 Å². The van der Waals surface area contributed by atoms with E-state index in [9.17, 15) is 4.79 Å². The Hall–Kier alpha value is -0.570. The van der Waals surface area contributed by atoms with E-state index >= 15 is 0 Å². The monoisotopic (exact) mass is 240 g/mol. The van der Waals surface area contributed by atoms with Crippen molar-refractivity contribution in [1.82, 2.24) is 10.2 Å². The van der Waals surface area contributed by atoms with Crippen molar-refractivity contribution >= 4 is 5.91 Å². The van der Waals surface area contributed by atoms with Crippen LogP contribution in [0.15, 0.2) is 0 Å². The van der Waals surface area contributed by atoms with Crippen LogP contribution in [0, 0.1) is 11.8 Å². The topological polar surface area (TPSA) is 32.3 Å². The molecular formula is C14H28N2O. The average Bonchev–Trinajstić information content (AvgIpc) is 2.54. The quantitative estimate of drug-likeness (QED) is 0.748. The Bertz CT molecular complexity index is 255. The molecule has 0 aromatic heterocycles. The molecule has 100 valence electrons. The Morgan fingerprint density at radius 2 is 2.06 bits per heavy atom. The van der Waals surface area contributed by atoms with Gasteiger partial charge in [0.2, 0.25) is 5.91 Å². The highest BCUT2D eigenvalue weighted by Crippen LogP contribution is 2.24. The van der Waals surface area contributed by atoms with Gasteiger partial charge in [-0.3, -0.25) is 4.79 Å². The van der Waals surface area contributed by atoms with Gasteiger partial charge in [0.05, 0.1) is 0 Å². The highest BCUT2D eigenvalue weighted by atomic mass is 16.2. The lowest BCUT2D eigenvalue weighted by Crippen LogP contribution is -2.38. The maximum absolute atomic E-state index is 11.8. The number of nitrogens with zero attached hydrogens (tertiary/aromatic N) is 1. The van der Waals surface area contributed by atoms with Gasteiger partial charge < -0.3 is 10.2 Å². The number of likely N-dealkylation sites (tertiary alicyclic amines) is 1. The molecule has 3 nitrogen and oxygen atoms in total. The zero-order chi connectivity index (χ0) is 13.1. The molecule has 0 radical (unpaired) electrons. The molecule has 1 N–H and O–H groups in total. The molecule has 1 saturated heterocycles. The normalized spacial score (nSPS) is 21.6. The van der Waals surface area contributed by atoms with Gasteiger partial charge in [-0.05, 0) is 45.6 Å². The van der Waals surface area contributed by atoms with E-state index in [4.69, 9.17) is 0 Å². The molecule has 0 bridgehead atoms. The molecule has 0 spiro atoms. The summed E-state index contributed by atoms with van der Waals surface area (Å²) in [5.41, 5.74) is 0.176. The lowest BCUT2D eigenvalue weighted by molar-refractivity contribution is -0.127. The first-order valence-electron chi connectivity index (χ1n) is 6.82. The summed E-state index contributed by atoms with van der Waals surface area (Å²) in [4.78, 5) is 13.8. The maximum Gasteiger partial charge on any atom is 0.222 e. The summed E-state index contributed by atoms with van der Waals surface area (Å²) >= 11 is 0. The van der Waals surface area contributed by atoms with E-state index < -0.39 is 0 Å². The van der Waals surface area contributed by atoms with Crippen LogP contribution < -0.4 is 5.32 Å². The van der Waals surface area contributed by atoms with Crippen LogP contribution in [0.25, 0.3) is 0 Å². The van der Waals surface area contributed by atoms with Gasteiger partial charge >= 0.3 is 0 Å². The van der Waals surface area contributed by atoms with Gasteiger partial charge in [-0.1, -0.05) is 13.8 Å². The van der Waals surface area contributed by atoms with Gasteiger partial charge in [0, 0.05) is 25.0 Å². The fourth-order valence-electron chi connectivity index (χ4n) is 2.20. The Kier molecular flexibility index (Phi) is 4.99. The first-order chi connectivity index (χ1) is 7.79. The van der Waals surface area contributed by atoms with Crippen molar-refractivity contribution in [2.24, 2.45) is 11.8 Å². The molecule has 1 heterocycles. The van der Waals surface area contributed by atoms with Crippen LogP contribution in [-0.4, -0.2) is 36.0 Å². The molecule has 1 atom stereocenters. The van der Waals surface area contributed by atoms with Crippen molar-refractivity contribution in [3.8, 4) is 0 Å². The van der Waals surface area contributed by atoms with E-state index in [2.05, 4.69) is 39.9 Å². The summed E-state index contributed by atoms with van der Waals surface area (Å²) in [6.45, 7) is 13.8. The molecule has 1 fully saturated rings. The van der Waals surface area contributed by atoms with Gasteiger partial charge in [0.1, 0.15) is 0 Å². The third-order valence-electron chi connectivity index (χ3n) is 3.45. The SMILES string of the molecule is CC(C)C1CC(=O)N(CCCNC(C)(C)C)C1. The molecule has 1 amide bonds. The Balaban J connectivity index is 2.22. The van der Waals surface area contributed by atoms with Crippen molar-refractivity contribution in [3.05, 3.63) is 0 Å². The molecule has 17 heavy (non-hydrogen) atoms. The van der Waals surface area contributed by atoms with Crippen molar-refractivity contribution < 1.29 is 4.79 Å². The molecule has 3 heteroatoms. The Morgan fingerprint density at radius 3 is 2.53 bits per heavy atom. The van der Waals surface area contributed by atoms with Gasteiger partial charge in [0.25, 0.3) is 0 Å². The largest absolute Gasteiger partial charge is 0.342 e. The van der Waals surface area contributed by atoms with Crippen LogP contribution >= 0.6 is 0 Å². The van der Waals surface area contributed by atoms with Crippen LogP contribution in [0.5, 0.6) is 0 Å². The summed E-state index contributed by atoms with van der Waals surface area (Å²) in [5.74, 6) is 1.54. The van der Waals surface area contributed by atoms with E-state index in [0.29, 0.717) is 17.7 Å². The van der Waals surface area contributed by atoms with Crippen LogP contribution in [0.3, 0.4) is 0 Å². The van der Waals surface area contributed by atoms with Gasteiger partial charge in [-0.2, -0.15) is 0 Å². The molecule has 1 unspecified atom stereocenters. The zero-order valence-corrected chi connectivity index (χ0v) is 12.0. The molecule has 1 aliphatic heterocycles. The first kappa shape index (κ1) is 14.5. The fourth-order valence-corrected chi connectivity index (χ4v) is 2.20. The second-order valence-corrected chi connectivity index (χ2v) is 6.58. The maximum atomic E-state index is 11.8. The number of carbonyl (C=O) groups excluding carboxylic acids is 1. The predicted molar refractivity (Wildman–Crippen MR) is 71.9 cm³/mol. The number of hydrogen-bond acceptors (Lipinski definition) is 2. The molecule has 1 rings (SSSR count). The van der Waals surface area contributed by atoms with Crippen molar-refractivity contribution in [1.29, 1.82) is 0 Å². The zero-order valence-electron chi connectivity index (χ0n) is 12.0. The molecular weight excluding hydrogens is 212 g/mol. The van der Waals surface area contributed by atoms with E-state index in [1.165, 1.54) is 0 Å². The number of carbonyl (C=O) groups is 1. The number of hydrogen-bond donors (Lipinski definition) is 1. The smallest absolute Gasteiger partial charge is 0.222 e. The van der Waals surface area contributed by atoms with Gasteiger partial charge in [0.15, 0.2) is 0 Å². The van der Waals surface area contributed by atoms with Crippen LogP contribution in [-0.2, 0) is 4.79 Å². The van der Waals surface area contributed by atoms with E-state index in [0.717, 1.165) is 32.5 Å². The summed E-state index contributed by atoms with van der Waals surface area (Å²) in [7, 11) is 0. The predicted octanol–water partition coefficient (Wildman–Crippen LogP) is 2.27. The molecule has 0 saturated carbocycles. The van der Waals surface area contributed by atoms with Gasteiger partial charge in [-0.15, -0.1) is 0 Å². The average molecular weight is 240 g/mol.